The molecule has 0 unspecified atom stereocenters. The Balaban J connectivity index is 0.000000206. The molecule has 2 fully saturated rings. The van der Waals surface area contributed by atoms with Gasteiger partial charge in [-0.3, -0.25) is 9.13 Å². The predicted molar refractivity (Wildman–Crippen MR) is 34.7 cm³/mol. The van der Waals surface area contributed by atoms with Crippen molar-refractivity contribution in [1.82, 2.24) is 0 Å². The number of rotatable bonds is 0. The van der Waals surface area contributed by atoms with Crippen LogP contribution in [0.1, 0.15) is 0 Å². The quantitative estimate of drug-likeness (QED) is 0.346. The van der Waals surface area contributed by atoms with Gasteiger partial charge >= 0.3 is 19.5 Å². The maximum absolute atomic E-state index is 9.65. The van der Waals surface area contributed by atoms with Gasteiger partial charge in [-0.1, -0.05) is 0 Å². The second-order valence-corrected chi connectivity index (χ2v) is 5.77. The molecule has 0 aromatic carbocycles. The fourth-order valence-corrected chi connectivity index (χ4v) is 1.44. The van der Waals surface area contributed by atoms with E-state index in [1.807, 2.05) is 0 Å². The van der Waals surface area contributed by atoms with Crippen LogP contribution in [0.2, 0.25) is 0 Å². The van der Waals surface area contributed by atoms with Crippen molar-refractivity contribution in [2.45, 2.75) is 0 Å². The molecule has 2 saturated heterocycles. The van der Waals surface area contributed by atoms with Gasteiger partial charge in [0.1, 0.15) is 0 Å². The van der Waals surface area contributed by atoms with Gasteiger partial charge in [0.2, 0.25) is 0 Å². The largest absolute Gasteiger partial charge is 2.00 e. The van der Waals surface area contributed by atoms with Gasteiger partial charge in [0.25, 0.3) is 15.6 Å². The minimum absolute atomic E-state index is 0. The van der Waals surface area contributed by atoms with Crippen molar-refractivity contribution in [3.8, 4) is 0 Å². The Kier molecular flexibility index (Phi) is 6.24. The third-order valence-corrected chi connectivity index (χ3v) is 4.38. The monoisotopic (exact) mass is 318 g/mol. The molecule has 8 nitrogen and oxygen atoms in total. The van der Waals surface area contributed by atoms with Crippen LogP contribution in [-0.4, -0.2) is 0 Å². The third-order valence-electron chi connectivity index (χ3n) is 0.487. The van der Waals surface area contributed by atoms with Gasteiger partial charge in [0, 0.05) is 0 Å². The summed E-state index contributed by atoms with van der Waals surface area (Å²) in [5, 5.41) is 0. The number of phosphoric acid groups is 2. The summed E-state index contributed by atoms with van der Waals surface area (Å²) in [6.45, 7) is 0. The number of hydrogen-bond donors (Lipinski definition) is 0. The fourth-order valence-electron chi connectivity index (χ4n) is 0.160. The van der Waals surface area contributed by atoms with E-state index in [0.29, 0.717) is 24.6 Å². The molecule has 0 radical (unpaired) electrons. The minimum Gasteiger partial charge on any atom is -0.755 e. The average molecular weight is 319 g/mol. The van der Waals surface area contributed by atoms with Crippen LogP contribution in [0.5, 0.6) is 0 Å². The molecule has 0 aliphatic carbocycles. The Morgan fingerprint density at radius 2 is 1.00 bits per heavy atom. The summed E-state index contributed by atoms with van der Waals surface area (Å²) in [5.74, 6) is 0. The summed E-state index contributed by atoms with van der Waals surface area (Å²) < 4.78 is 34.5. The summed E-state index contributed by atoms with van der Waals surface area (Å²) in [4.78, 5) is 19.3. The Morgan fingerprint density at radius 1 is 0.846 bits per heavy atom. The van der Waals surface area contributed by atoms with Gasteiger partial charge in [-0.25, -0.2) is 15.9 Å². The maximum atomic E-state index is 9.65. The molecule has 13 heteroatoms. The molecule has 72 valence electrons. The molecule has 0 aromatic heterocycles. The standard InChI is InChI=1S/2HO4PS.Zn/c2*1-5(2)3-6-4-5;/h2*(H,1,2);/q;;+2/p-2. The van der Waals surface area contributed by atoms with Crippen molar-refractivity contribution in [1.29, 1.82) is 0 Å². The van der Waals surface area contributed by atoms with E-state index < -0.39 is 15.6 Å². The maximum Gasteiger partial charge on any atom is 2.00 e. The molecule has 0 aromatic rings. The van der Waals surface area contributed by atoms with E-state index in [9.17, 15) is 18.9 Å². The normalized spacial score (nSPS) is 26.6. The first-order valence-corrected chi connectivity index (χ1v) is 6.38. The van der Waals surface area contributed by atoms with Crippen molar-refractivity contribution in [2.24, 2.45) is 0 Å². The molecule has 0 N–H and O–H groups in total. The second-order valence-electron chi connectivity index (χ2n) is 1.33. The van der Waals surface area contributed by atoms with Gasteiger partial charge in [0.05, 0.1) is 0 Å². The van der Waals surface area contributed by atoms with Gasteiger partial charge in [0.15, 0.2) is 24.6 Å². The molecule has 0 amide bonds. The minimum atomic E-state index is -3.75. The SMILES string of the molecule is O=P1([O-])OSO1.O=P1([O-])OSO1.[Zn+2]. The van der Waals surface area contributed by atoms with Crippen molar-refractivity contribution in [3.63, 3.8) is 0 Å². The van der Waals surface area contributed by atoms with Gasteiger partial charge < -0.3 is 9.79 Å². The molecule has 0 saturated carbocycles. The summed E-state index contributed by atoms with van der Waals surface area (Å²) in [7, 11) is -7.51. The van der Waals surface area contributed by atoms with Crippen molar-refractivity contribution in [2.75, 3.05) is 0 Å². The summed E-state index contributed by atoms with van der Waals surface area (Å²) in [6.07, 6.45) is 0. The van der Waals surface area contributed by atoms with Crippen LogP contribution in [0.15, 0.2) is 0 Å². The molecular formula is O8P2S2Zn. The first-order valence-electron chi connectivity index (χ1n) is 2.13. The smallest absolute Gasteiger partial charge is 0.755 e. The molecule has 2 heterocycles. The van der Waals surface area contributed by atoms with E-state index >= 15 is 0 Å². The van der Waals surface area contributed by atoms with Crippen LogP contribution < -0.4 is 9.79 Å². The summed E-state index contributed by atoms with van der Waals surface area (Å²) >= 11 is 0.937. The van der Waals surface area contributed by atoms with E-state index in [0.717, 1.165) is 0 Å². The molecule has 0 bridgehead atoms. The van der Waals surface area contributed by atoms with E-state index in [2.05, 4.69) is 15.9 Å². The first kappa shape index (κ1) is 14.5. The average Bonchev–Trinajstić information content (AvgIpc) is 1.83. The van der Waals surface area contributed by atoms with Crippen LogP contribution in [0, 0.1) is 0 Å². The van der Waals surface area contributed by atoms with E-state index in [1.165, 1.54) is 0 Å². The van der Waals surface area contributed by atoms with Crippen LogP contribution in [0.4, 0.5) is 0 Å². The van der Waals surface area contributed by atoms with Crippen molar-refractivity contribution < 1.29 is 54.3 Å². The molecule has 2 aliphatic heterocycles. The molecule has 2 rings (SSSR count). The molecule has 0 spiro atoms. The van der Waals surface area contributed by atoms with Crippen molar-refractivity contribution >= 4 is 40.3 Å². The Hall–Kier alpha value is 1.54. The Labute approximate surface area is 94.5 Å². The zero-order valence-corrected chi connectivity index (χ0v) is 12.1. The van der Waals surface area contributed by atoms with Crippen LogP contribution in [-0.2, 0) is 44.5 Å². The second kappa shape index (κ2) is 5.58. The first-order chi connectivity index (χ1) is 5.41. The summed E-state index contributed by atoms with van der Waals surface area (Å²) in [5.41, 5.74) is 0. The zero-order valence-electron chi connectivity index (χ0n) is 5.68. The van der Waals surface area contributed by atoms with Gasteiger partial charge in [-0.2, -0.15) is 0 Å². The van der Waals surface area contributed by atoms with Crippen molar-refractivity contribution in [3.05, 3.63) is 0 Å². The van der Waals surface area contributed by atoms with E-state index in [1.54, 1.807) is 0 Å². The number of hydrogen-bond acceptors (Lipinski definition) is 10. The molecule has 2 aliphatic rings. The van der Waals surface area contributed by atoms with Gasteiger partial charge in [-0.05, 0) is 0 Å². The topological polar surface area (TPSA) is 117 Å². The van der Waals surface area contributed by atoms with Gasteiger partial charge in [-0.15, -0.1) is 0 Å². The van der Waals surface area contributed by atoms with Crippen LogP contribution >= 0.6 is 40.3 Å². The summed E-state index contributed by atoms with van der Waals surface area (Å²) in [6, 6.07) is 0. The van der Waals surface area contributed by atoms with Crippen LogP contribution in [0.3, 0.4) is 0 Å². The molecule has 0 atom stereocenters. The molecule has 13 heavy (non-hydrogen) atoms. The zero-order chi connectivity index (χ0) is 9.24. The fraction of sp³-hybridized carbons (Fsp3) is 0. The van der Waals surface area contributed by atoms with E-state index in [4.69, 9.17) is 0 Å². The Bertz CT molecular complexity index is 211. The molecular weight excluding hydrogens is 319 g/mol. The third kappa shape index (κ3) is 5.86. The Morgan fingerprint density at radius 3 is 1.00 bits per heavy atom. The predicted octanol–water partition coefficient (Wildman–Crippen LogP) is 0.127. The van der Waals surface area contributed by atoms with Crippen LogP contribution in [0.25, 0.3) is 0 Å². The van der Waals surface area contributed by atoms with E-state index in [-0.39, 0.29) is 19.5 Å².